The highest BCUT2D eigenvalue weighted by Crippen LogP contribution is 2.23. The number of benzene rings is 1. The van der Waals surface area contributed by atoms with Gasteiger partial charge in [0.2, 0.25) is 5.88 Å². The van der Waals surface area contributed by atoms with E-state index in [4.69, 9.17) is 9.47 Å². The Hall–Kier alpha value is -2.47. The van der Waals surface area contributed by atoms with E-state index in [1.807, 2.05) is 13.8 Å². The molecule has 1 aliphatic rings. The number of pyridine rings is 1. The average molecular weight is 344 g/mol. The molecular weight excluding hydrogens is 323 g/mol. The zero-order chi connectivity index (χ0) is 17.8. The first-order valence-electron chi connectivity index (χ1n) is 8.32. The third-order valence-electron chi connectivity index (χ3n) is 3.94. The van der Waals surface area contributed by atoms with Gasteiger partial charge in [-0.2, -0.15) is 0 Å². The second-order valence-electron chi connectivity index (χ2n) is 6.21. The standard InChI is InChI=1S/C19H21FN2O3/c1-13(2)25-18-8-5-15(11-21-18)19(23)22-9-10-24-17(12-22)14-3-6-16(20)7-4-14/h3-8,11,13,17H,9-10,12H2,1-2H3/t17-/m1/s1. The maximum Gasteiger partial charge on any atom is 0.255 e. The largest absolute Gasteiger partial charge is 0.475 e. The molecule has 1 aromatic heterocycles. The van der Waals surface area contributed by atoms with Crippen LogP contribution in [0.2, 0.25) is 0 Å². The Morgan fingerprint density at radius 1 is 1.28 bits per heavy atom. The van der Waals surface area contributed by atoms with E-state index in [2.05, 4.69) is 4.98 Å². The van der Waals surface area contributed by atoms with E-state index in [0.29, 0.717) is 31.1 Å². The number of ether oxygens (including phenoxy) is 2. The summed E-state index contributed by atoms with van der Waals surface area (Å²) in [6, 6.07) is 9.59. The van der Waals surface area contributed by atoms with Gasteiger partial charge in [0.05, 0.1) is 24.8 Å². The zero-order valence-electron chi connectivity index (χ0n) is 14.3. The normalized spacial score (nSPS) is 17.6. The smallest absolute Gasteiger partial charge is 0.255 e. The molecule has 1 aromatic carbocycles. The fourth-order valence-corrected chi connectivity index (χ4v) is 2.71. The second kappa shape index (κ2) is 7.61. The van der Waals surface area contributed by atoms with Gasteiger partial charge in [-0.15, -0.1) is 0 Å². The highest BCUT2D eigenvalue weighted by molar-refractivity contribution is 5.94. The zero-order valence-corrected chi connectivity index (χ0v) is 14.3. The van der Waals surface area contributed by atoms with Gasteiger partial charge in [0.1, 0.15) is 11.9 Å². The quantitative estimate of drug-likeness (QED) is 0.854. The second-order valence-corrected chi connectivity index (χ2v) is 6.21. The lowest BCUT2D eigenvalue weighted by Crippen LogP contribution is -2.42. The van der Waals surface area contributed by atoms with Crippen LogP contribution in [0.3, 0.4) is 0 Å². The number of morpholine rings is 1. The Morgan fingerprint density at radius 2 is 2.04 bits per heavy atom. The van der Waals surface area contributed by atoms with Crippen LogP contribution in [0.4, 0.5) is 4.39 Å². The molecule has 0 bridgehead atoms. The molecule has 0 N–H and O–H groups in total. The van der Waals surface area contributed by atoms with E-state index >= 15 is 0 Å². The minimum atomic E-state index is -0.290. The molecule has 1 aliphatic heterocycles. The van der Waals surface area contributed by atoms with Gasteiger partial charge in [-0.1, -0.05) is 12.1 Å². The van der Waals surface area contributed by atoms with Crippen molar-refractivity contribution >= 4 is 5.91 Å². The number of halogens is 1. The average Bonchev–Trinajstić information content (AvgIpc) is 2.62. The Morgan fingerprint density at radius 3 is 2.68 bits per heavy atom. The van der Waals surface area contributed by atoms with Gasteiger partial charge in [-0.25, -0.2) is 9.37 Å². The van der Waals surface area contributed by atoms with Crippen LogP contribution in [0.15, 0.2) is 42.6 Å². The molecule has 1 atom stereocenters. The van der Waals surface area contributed by atoms with E-state index in [-0.39, 0.29) is 23.9 Å². The molecule has 0 aliphatic carbocycles. The van der Waals surface area contributed by atoms with Crippen molar-refractivity contribution in [1.29, 1.82) is 0 Å². The Labute approximate surface area is 146 Å². The number of nitrogens with zero attached hydrogens (tertiary/aromatic N) is 2. The van der Waals surface area contributed by atoms with Crippen LogP contribution < -0.4 is 4.74 Å². The van der Waals surface area contributed by atoms with Gasteiger partial charge >= 0.3 is 0 Å². The number of carbonyl (C=O) groups is 1. The molecule has 1 saturated heterocycles. The highest BCUT2D eigenvalue weighted by Gasteiger charge is 2.26. The molecule has 3 rings (SSSR count). The molecule has 0 saturated carbocycles. The van der Waals surface area contributed by atoms with Crippen molar-refractivity contribution in [2.75, 3.05) is 19.7 Å². The van der Waals surface area contributed by atoms with Crippen molar-refractivity contribution in [3.8, 4) is 5.88 Å². The van der Waals surface area contributed by atoms with Gasteiger partial charge < -0.3 is 14.4 Å². The third-order valence-corrected chi connectivity index (χ3v) is 3.94. The molecule has 0 unspecified atom stereocenters. The van der Waals surface area contributed by atoms with Crippen LogP contribution in [0.1, 0.15) is 35.9 Å². The lowest BCUT2D eigenvalue weighted by atomic mass is 10.1. The predicted molar refractivity (Wildman–Crippen MR) is 91.0 cm³/mol. The maximum absolute atomic E-state index is 13.1. The minimum Gasteiger partial charge on any atom is -0.475 e. The van der Waals surface area contributed by atoms with Crippen molar-refractivity contribution in [3.63, 3.8) is 0 Å². The number of aromatic nitrogens is 1. The lowest BCUT2D eigenvalue weighted by molar-refractivity contribution is -0.0228. The first-order chi connectivity index (χ1) is 12.0. The van der Waals surface area contributed by atoms with Gasteiger partial charge in [0.25, 0.3) is 5.91 Å². The summed E-state index contributed by atoms with van der Waals surface area (Å²) in [5.74, 6) is 0.110. The Kier molecular flexibility index (Phi) is 5.28. The molecule has 25 heavy (non-hydrogen) atoms. The van der Waals surface area contributed by atoms with Gasteiger partial charge in [0, 0.05) is 18.8 Å². The van der Waals surface area contributed by atoms with E-state index in [1.165, 1.54) is 18.3 Å². The fraction of sp³-hybridized carbons (Fsp3) is 0.368. The number of amides is 1. The van der Waals surface area contributed by atoms with E-state index < -0.39 is 0 Å². The SMILES string of the molecule is CC(C)Oc1ccc(C(=O)N2CCO[C@@H](c3ccc(F)cc3)C2)cn1. The van der Waals surface area contributed by atoms with Gasteiger partial charge in [-0.05, 0) is 37.6 Å². The molecule has 2 heterocycles. The summed E-state index contributed by atoms with van der Waals surface area (Å²) in [6.45, 7) is 5.22. The summed E-state index contributed by atoms with van der Waals surface area (Å²) in [5.41, 5.74) is 1.37. The van der Waals surface area contributed by atoms with Crippen LogP contribution in [0.25, 0.3) is 0 Å². The van der Waals surface area contributed by atoms with Crippen molar-refractivity contribution in [1.82, 2.24) is 9.88 Å². The van der Waals surface area contributed by atoms with Crippen molar-refractivity contribution < 1.29 is 18.7 Å². The highest BCUT2D eigenvalue weighted by atomic mass is 19.1. The lowest BCUT2D eigenvalue weighted by Gasteiger charge is -2.33. The van der Waals surface area contributed by atoms with Gasteiger partial charge in [0.15, 0.2) is 0 Å². The van der Waals surface area contributed by atoms with Crippen LogP contribution in [-0.4, -0.2) is 41.6 Å². The van der Waals surface area contributed by atoms with Crippen molar-refractivity contribution in [3.05, 3.63) is 59.5 Å². The van der Waals surface area contributed by atoms with Crippen LogP contribution >= 0.6 is 0 Å². The van der Waals surface area contributed by atoms with Crippen molar-refractivity contribution in [2.45, 2.75) is 26.1 Å². The summed E-state index contributed by atoms with van der Waals surface area (Å²) >= 11 is 0. The van der Waals surface area contributed by atoms with E-state index in [0.717, 1.165) is 5.56 Å². The first-order valence-corrected chi connectivity index (χ1v) is 8.32. The van der Waals surface area contributed by atoms with Crippen LogP contribution in [0.5, 0.6) is 5.88 Å². The van der Waals surface area contributed by atoms with Crippen LogP contribution in [0, 0.1) is 5.82 Å². The summed E-state index contributed by atoms with van der Waals surface area (Å²) in [7, 11) is 0. The van der Waals surface area contributed by atoms with Crippen molar-refractivity contribution in [2.24, 2.45) is 0 Å². The molecule has 132 valence electrons. The molecular formula is C19H21FN2O3. The van der Waals surface area contributed by atoms with Gasteiger partial charge in [-0.3, -0.25) is 4.79 Å². The predicted octanol–water partition coefficient (Wildman–Crippen LogP) is 3.22. The van der Waals surface area contributed by atoms with E-state index in [1.54, 1.807) is 29.2 Å². The molecule has 6 heteroatoms. The summed E-state index contributed by atoms with van der Waals surface area (Å²) < 4.78 is 24.3. The summed E-state index contributed by atoms with van der Waals surface area (Å²) in [5, 5.41) is 0. The number of hydrogen-bond acceptors (Lipinski definition) is 4. The Balaban J connectivity index is 1.68. The topological polar surface area (TPSA) is 51.7 Å². The fourth-order valence-electron chi connectivity index (χ4n) is 2.71. The molecule has 1 amide bonds. The first kappa shape index (κ1) is 17.4. The summed E-state index contributed by atoms with van der Waals surface area (Å²) in [6.07, 6.45) is 1.31. The number of rotatable bonds is 4. The minimum absolute atomic E-state index is 0.0322. The Bertz CT molecular complexity index is 716. The van der Waals surface area contributed by atoms with Crippen LogP contribution in [-0.2, 0) is 4.74 Å². The number of hydrogen-bond donors (Lipinski definition) is 0. The molecule has 0 spiro atoms. The number of carbonyl (C=O) groups excluding carboxylic acids is 1. The molecule has 0 radical (unpaired) electrons. The molecule has 1 fully saturated rings. The van der Waals surface area contributed by atoms with E-state index in [9.17, 15) is 9.18 Å². The molecule has 5 nitrogen and oxygen atoms in total. The molecule has 2 aromatic rings. The monoisotopic (exact) mass is 344 g/mol. The maximum atomic E-state index is 13.1. The third kappa shape index (κ3) is 4.33. The summed E-state index contributed by atoms with van der Waals surface area (Å²) in [4.78, 5) is 18.6.